The zero-order valence-electron chi connectivity index (χ0n) is 12.3. The molecule has 0 aliphatic carbocycles. The number of methoxy groups -OCH3 is 1. The molecule has 0 saturated carbocycles. The fourth-order valence-electron chi connectivity index (χ4n) is 1.92. The van der Waals surface area contributed by atoms with Crippen LogP contribution in [0.25, 0.3) is 0 Å². The smallest absolute Gasteiger partial charge is 0.244 e. The lowest BCUT2D eigenvalue weighted by atomic mass is 10.2. The Morgan fingerprint density at radius 1 is 1.29 bits per heavy atom. The monoisotopic (exact) mass is 309 g/mol. The minimum Gasteiger partial charge on any atom is -0.497 e. The van der Waals surface area contributed by atoms with Crippen LogP contribution in [0.1, 0.15) is 18.2 Å². The number of benzene rings is 1. The van der Waals surface area contributed by atoms with Gasteiger partial charge in [0.1, 0.15) is 10.6 Å². The van der Waals surface area contributed by atoms with Crippen LogP contribution in [0.15, 0.2) is 35.4 Å². The molecule has 0 spiro atoms. The van der Waals surface area contributed by atoms with Gasteiger partial charge in [0.25, 0.3) is 0 Å². The summed E-state index contributed by atoms with van der Waals surface area (Å²) < 4.78 is 33.8. The highest BCUT2D eigenvalue weighted by Crippen LogP contribution is 2.15. The molecule has 6 nitrogen and oxygen atoms in total. The van der Waals surface area contributed by atoms with Crippen LogP contribution in [0.5, 0.6) is 5.75 Å². The molecule has 0 fully saturated rings. The molecule has 2 rings (SSSR count). The number of ether oxygens (including phenoxy) is 1. The highest BCUT2D eigenvalue weighted by molar-refractivity contribution is 7.89. The molecule has 0 aliphatic heterocycles. The molecule has 114 valence electrons. The average Bonchev–Trinajstić information content (AvgIpc) is 2.88. The molecule has 0 radical (unpaired) electrons. The zero-order chi connectivity index (χ0) is 15.5. The summed E-state index contributed by atoms with van der Waals surface area (Å²) in [6.45, 7) is 4.46. The SMILES string of the molecule is CCn1cc(S(=O)(=O)NCc2ccc(OC)cc2)c(C)n1. The van der Waals surface area contributed by atoms with Crippen molar-refractivity contribution in [2.45, 2.75) is 31.8 Å². The first kappa shape index (κ1) is 15.5. The van der Waals surface area contributed by atoms with E-state index in [2.05, 4.69) is 9.82 Å². The van der Waals surface area contributed by atoms with Crippen molar-refractivity contribution in [3.05, 3.63) is 41.7 Å². The Morgan fingerprint density at radius 3 is 2.48 bits per heavy atom. The lowest BCUT2D eigenvalue weighted by Gasteiger charge is -2.06. The van der Waals surface area contributed by atoms with Gasteiger partial charge in [0.15, 0.2) is 0 Å². The molecule has 1 heterocycles. The van der Waals surface area contributed by atoms with Crippen molar-refractivity contribution in [1.82, 2.24) is 14.5 Å². The number of sulfonamides is 1. The number of aromatic nitrogens is 2. The summed E-state index contributed by atoms with van der Waals surface area (Å²) in [5.41, 5.74) is 1.36. The second-order valence-electron chi connectivity index (χ2n) is 4.61. The number of rotatable bonds is 6. The van der Waals surface area contributed by atoms with Crippen LogP contribution in [0.2, 0.25) is 0 Å². The number of hydrogen-bond acceptors (Lipinski definition) is 4. The maximum absolute atomic E-state index is 12.3. The van der Waals surface area contributed by atoms with Crippen molar-refractivity contribution in [2.75, 3.05) is 7.11 Å². The quantitative estimate of drug-likeness (QED) is 0.881. The van der Waals surface area contributed by atoms with E-state index < -0.39 is 10.0 Å². The van der Waals surface area contributed by atoms with Gasteiger partial charge in [-0.3, -0.25) is 4.68 Å². The van der Waals surface area contributed by atoms with Gasteiger partial charge in [0.05, 0.1) is 12.8 Å². The van der Waals surface area contributed by atoms with Crippen LogP contribution in [-0.4, -0.2) is 25.3 Å². The van der Waals surface area contributed by atoms with Gasteiger partial charge >= 0.3 is 0 Å². The molecule has 0 unspecified atom stereocenters. The van der Waals surface area contributed by atoms with Gasteiger partial charge in [0.2, 0.25) is 10.0 Å². The van der Waals surface area contributed by atoms with Crippen LogP contribution in [0, 0.1) is 6.92 Å². The van der Waals surface area contributed by atoms with Crippen molar-refractivity contribution >= 4 is 10.0 Å². The molecule has 1 N–H and O–H groups in total. The van der Waals surface area contributed by atoms with Crippen LogP contribution >= 0.6 is 0 Å². The lowest BCUT2D eigenvalue weighted by Crippen LogP contribution is -2.23. The van der Waals surface area contributed by atoms with Crippen molar-refractivity contribution in [3.63, 3.8) is 0 Å². The van der Waals surface area contributed by atoms with Gasteiger partial charge < -0.3 is 4.74 Å². The van der Waals surface area contributed by atoms with E-state index in [-0.39, 0.29) is 11.4 Å². The van der Waals surface area contributed by atoms with E-state index in [1.165, 1.54) is 0 Å². The normalized spacial score (nSPS) is 11.6. The van der Waals surface area contributed by atoms with E-state index in [4.69, 9.17) is 4.74 Å². The van der Waals surface area contributed by atoms with Crippen molar-refractivity contribution in [2.24, 2.45) is 0 Å². The molecular formula is C14H19N3O3S. The summed E-state index contributed by atoms with van der Waals surface area (Å²) in [6, 6.07) is 7.24. The molecule has 1 aromatic carbocycles. The largest absolute Gasteiger partial charge is 0.497 e. The Labute approximate surface area is 124 Å². The van der Waals surface area contributed by atoms with Crippen molar-refractivity contribution in [3.8, 4) is 5.75 Å². The number of nitrogens with one attached hydrogen (secondary N) is 1. The molecule has 7 heteroatoms. The molecule has 21 heavy (non-hydrogen) atoms. The molecule has 0 saturated heterocycles. The summed E-state index contributed by atoms with van der Waals surface area (Å²) in [7, 11) is -1.97. The first-order valence-electron chi connectivity index (χ1n) is 6.63. The summed E-state index contributed by atoms with van der Waals surface area (Å²) in [5.74, 6) is 0.738. The number of aryl methyl sites for hydroxylation is 2. The van der Waals surface area contributed by atoms with Crippen LogP contribution < -0.4 is 9.46 Å². The van der Waals surface area contributed by atoms with E-state index in [9.17, 15) is 8.42 Å². The molecular weight excluding hydrogens is 290 g/mol. The molecule has 0 aliphatic rings. The van der Waals surface area contributed by atoms with Gasteiger partial charge in [-0.2, -0.15) is 5.10 Å². The maximum Gasteiger partial charge on any atom is 0.244 e. The minimum absolute atomic E-state index is 0.220. The Kier molecular flexibility index (Phi) is 4.64. The Hall–Kier alpha value is -1.86. The summed E-state index contributed by atoms with van der Waals surface area (Å²) >= 11 is 0. The van der Waals surface area contributed by atoms with Crippen LogP contribution in [-0.2, 0) is 23.1 Å². The molecule has 2 aromatic rings. The maximum atomic E-state index is 12.3. The molecule has 0 atom stereocenters. The third-order valence-electron chi connectivity index (χ3n) is 3.14. The van der Waals surface area contributed by atoms with Gasteiger partial charge in [-0.15, -0.1) is 0 Å². The second kappa shape index (κ2) is 6.28. The Balaban J connectivity index is 2.11. The first-order valence-corrected chi connectivity index (χ1v) is 8.11. The highest BCUT2D eigenvalue weighted by atomic mass is 32.2. The Morgan fingerprint density at radius 2 is 1.95 bits per heavy atom. The van der Waals surface area contributed by atoms with Gasteiger partial charge in [-0.25, -0.2) is 13.1 Å². The summed E-state index contributed by atoms with van der Waals surface area (Å²) in [4.78, 5) is 0.220. The standard InChI is InChI=1S/C14H19N3O3S/c1-4-17-10-14(11(2)16-17)21(18,19)15-9-12-5-7-13(20-3)8-6-12/h5-8,10,15H,4,9H2,1-3H3. The van der Waals surface area contributed by atoms with E-state index >= 15 is 0 Å². The van der Waals surface area contributed by atoms with E-state index in [0.29, 0.717) is 12.2 Å². The summed E-state index contributed by atoms with van der Waals surface area (Å²) in [5, 5.41) is 4.15. The van der Waals surface area contributed by atoms with E-state index in [1.807, 2.05) is 19.1 Å². The highest BCUT2D eigenvalue weighted by Gasteiger charge is 2.19. The van der Waals surface area contributed by atoms with E-state index in [0.717, 1.165) is 11.3 Å². The van der Waals surface area contributed by atoms with Crippen LogP contribution in [0.4, 0.5) is 0 Å². The second-order valence-corrected chi connectivity index (χ2v) is 6.34. The van der Waals surface area contributed by atoms with E-state index in [1.54, 1.807) is 37.0 Å². The van der Waals surface area contributed by atoms with Crippen LogP contribution in [0.3, 0.4) is 0 Å². The Bertz CT molecular complexity index is 706. The van der Waals surface area contributed by atoms with Gasteiger partial charge in [-0.1, -0.05) is 12.1 Å². The topological polar surface area (TPSA) is 73.2 Å². The number of hydrogen-bond donors (Lipinski definition) is 1. The number of nitrogens with zero attached hydrogens (tertiary/aromatic N) is 2. The third kappa shape index (κ3) is 3.62. The lowest BCUT2D eigenvalue weighted by molar-refractivity contribution is 0.414. The molecule has 0 bridgehead atoms. The first-order chi connectivity index (χ1) is 9.96. The molecule has 1 aromatic heterocycles. The fraction of sp³-hybridized carbons (Fsp3) is 0.357. The van der Waals surface area contributed by atoms with Crippen molar-refractivity contribution < 1.29 is 13.2 Å². The molecule has 0 amide bonds. The third-order valence-corrected chi connectivity index (χ3v) is 4.64. The summed E-state index contributed by atoms with van der Waals surface area (Å²) in [6.07, 6.45) is 1.55. The predicted molar refractivity (Wildman–Crippen MR) is 79.7 cm³/mol. The predicted octanol–water partition coefficient (Wildman–Crippen LogP) is 1.70. The zero-order valence-corrected chi connectivity index (χ0v) is 13.1. The van der Waals surface area contributed by atoms with Gasteiger partial charge in [-0.05, 0) is 31.5 Å². The average molecular weight is 309 g/mol. The van der Waals surface area contributed by atoms with Gasteiger partial charge in [0, 0.05) is 19.3 Å². The minimum atomic E-state index is -3.56. The fourth-order valence-corrected chi connectivity index (χ4v) is 3.13. The van der Waals surface area contributed by atoms with Crippen molar-refractivity contribution in [1.29, 1.82) is 0 Å².